The highest BCUT2D eigenvalue weighted by molar-refractivity contribution is 5.96. The SMILES string of the molecule is Nc1n[nH]c2c1CCN(Cc1ccccc1)C2=O. The van der Waals surface area contributed by atoms with Crippen molar-refractivity contribution in [3.63, 3.8) is 0 Å². The largest absolute Gasteiger partial charge is 0.382 e. The van der Waals surface area contributed by atoms with Crippen LogP contribution in [0.4, 0.5) is 5.82 Å². The van der Waals surface area contributed by atoms with Gasteiger partial charge in [-0.2, -0.15) is 5.10 Å². The van der Waals surface area contributed by atoms with E-state index in [2.05, 4.69) is 10.2 Å². The van der Waals surface area contributed by atoms with E-state index in [4.69, 9.17) is 5.73 Å². The zero-order chi connectivity index (χ0) is 12.5. The molecule has 0 radical (unpaired) electrons. The number of aromatic amines is 1. The van der Waals surface area contributed by atoms with Gasteiger partial charge in [-0.1, -0.05) is 30.3 Å². The van der Waals surface area contributed by atoms with Gasteiger partial charge in [0.15, 0.2) is 0 Å². The molecule has 1 aromatic heterocycles. The van der Waals surface area contributed by atoms with Crippen molar-refractivity contribution in [3.05, 3.63) is 47.2 Å². The Morgan fingerprint density at radius 1 is 1.33 bits per heavy atom. The number of nitrogen functional groups attached to an aromatic ring is 1. The van der Waals surface area contributed by atoms with Crippen LogP contribution in [0.15, 0.2) is 30.3 Å². The summed E-state index contributed by atoms with van der Waals surface area (Å²) in [5.41, 5.74) is 8.22. The molecule has 1 aliphatic rings. The molecular weight excluding hydrogens is 228 g/mol. The molecule has 1 amide bonds. The summed E-state index contributed by atoms with van der Waals surface area (Å²) in [5.74, 6) is 0.419. The van der Waals surface area contributed by atoms with Gasteiger partial charge < -0.3 is 10.6 Å². The van der Waals surface area contributed by atoms with Gasteiger partial charge in [-0.15, -0.1) is 0 Å². The van der Waals surface area contributed by atoms with Crippen molar-refractivity contribution in [2.24, 2.45) is 0 Å². The fourth-order valence-electron chi connectivity index (χ4n) is 2.27. The highest BCUT2D eigenvalue weighted by atomic mass is 16.2. The summed E-state index contributed by atoms with van der Waals surface area (Å²) >= 11 is 0. The minimum Gasteiger partial charge on any atom is -0.382 e. The molecule has 0 bridgehead atoms. The molecule has 5 nitrogen and oxygen atoms in total. The maximum absolute atomic E-state index is 12.2. The first-order valence-electron chi connectivity index (χ1n) is 5.91. The summed E-state index contributed by atoms with van der Waals surface area (Å²) in [4.78, 5) is 14.0. The number of hydrogen-bond acceptors (Lipinski definition) is 3. The molecule has 0 fully saturated rings. The van der Waals surface area contributed by atoms with Crippen molar-refractivity contribution in [1.29, 1.82) is 0 Å². The lowest BCUT2D eigenvalue weighted by Crippen LogP contribution is -2.37. The van der Waals surface area contributed by atoms with Crippen molar-refractivity contribution in [3.8, 4) is 0 Å². The molecule has 1 aliphatic heterocycles. The summed E-state index contributed by atoms with van der Waals surface area (Å²) in [7, 11) is 0. The van der Waals surface area contributed by atoms with Gasteiger partial charge in [0.25, 0.3) is 5.91 Å². The van der Waals surface area contributed by atoms with Gasteiger partial charge in [0.2, 0.25) is 0 Å². The average molecular weight is 242 g/mol. The van der Waals surface area contributed by atoms with Gasteiger partial charge in [-0.05, 0) is 12.0 Å². The lowest BCUT2D eigenvalue weighted by atomic mass is 10.1. The smallest absolute Gasteiger partial charge is 0.272 e. The van der Waals surface area contributed by atoms with Crippen molar-refractivity contribution in [2.45, 2.75) is 13.0 Å². The molecule has 92 valence electrons. The number of rotatable bonds is 2. The van der Waals surface area contributed by atoms with Crippen LogP contribution in [-0.2, 0) is 13.0 Å². The lowest BCUT2D eigenvalue weighted by Gasteiger charge is -2.26. The van der Waals surface area contributed by atoms with Crippen LogP contribution < -0.4 is 5.73 Å². The second-order valence-corrected chi connectivity index (χ2v) is 4.42. The highest BCUT2D eigenvalue weighted by Crippen LogP contribution is 2.22. The third-order valence-corrected chi connectivity index (χ3v) is 3.25. The van der Waals surface area contributed by atoms with Gasteiger partial charge in [-0.3, -0.25) is 9.89 Å². The Morgan fingerprint density at radius 3 is 2.89 bits per heavy atom. The molecule has 2 aromatic rings. The molecule has 3 rings (SSSR count). The number of carbonyl (C=O) groups excluding carboxylic acids is 1. The van der Waals surface area contributed by atoms with E-state index in [1.54, 1.807) is 0 Å². The van der Waals surface area contributed by atoms with Crippen LogP contribution in [0.5, 0.6) is 0 Å². The standard InChI is InChI=1S/C13H14N4O/c14-12-10-6-7-17(13(18)11(10)15-16-12)8-9-4-2-1-3-5-9/h1-5H,6-8H2,(H3,14,15,16). The van der Waals surface area contributed by atoms with Crippen LogP contribution in [-0.4, -0.2) is 27.5 Å². The van der Waals surface area contributed by atoms with Crippen molar-refractivity contribution in [2.75, 3.05) is 12.3 Å². The van der Waals surface area contributed by atoms with Crippen LogP contribution in [0.2, 0.25) is 0 Å². The minimum atomic E-state index is -0.0238. The molecule has 18 heavy (non-hydrogen) atoms. The second kappa shape index (κ2) is 4.18. The number of amides is 1. The van der Waals surface area contributed by atoms with E-state index in [0.717, 1.165) is 17.5 Å². The maximum Gasteiger partial charge on any atom is 0.272 e. The Hall–Kier alpha value is -2.30. The van der Waals surface area contributed by atoms with E-state index in [1.807, 2.05) is 35.2 Å². The first kappa shape index (κ1) is 10.8. The number of nitrogens with one attached hydrogen (secondary N) is 1. The number of H-pyrrole nitrogens is 1. The van der Waals surface area contributed by atoms with Gasteiger partial charge in [0.1, 0.15) is 11.5 Å². The van der Waals surface area contributed by atoms with Crippen LogP contribution in [0.3, 0.4) is 0 Å². The molecule has 0 unspecified atom stereocenters. The number of aromatic nitrogens is 2. The Morgan fingerprint density at radius 2 is 2.11 bits per heavy atom. The van der Waals surface area contributed by atoms with Crippen molar-refractivity contribution in [1.82, 2.24) is 15.1 Å². The Kier molecular flexibility index (Phi) is 2.51. The molecule has 0 saturated heterocycles. The molecular formula is C13H14N4O. The molecule has 2 heterocycles. The van der Waals surface area contributed by atoms with Gasteiger partial charge in [0.05, 0.1) is 0 Å². The Balaban J connectivity index is 1.83. The summed E-state index contributed by atoms with van der Waals surface area (Å²) in [6.07, 6.45) is 0.760. The number of benzene rings is 1. The zero-order valence-electron chi connectivity index (χ0n) is 9.89. The summed E-state index contributed by atoms with van der Waals surface area (Å²) in [6, 6.07) is 9.95. The molecule has 1 aromatic carbocycles. The molecule has 0 spiro atoms. The Labute approximate surface area is 105 Å². The molecule has 5 heteroatoms. The quantitative estimate of drug-likeness (QED) is 0.830. The summed E-state index contributed by atoms with van der Waals surface area (Å²) in [5, 5.41) is 6.62. The number of fused-ring (bicyclic) bond motifs is 1. The molecule has 0 aliphatic carbocycles. The highest BCUT2D eigenvalue weighted by Gasteiger charge is 2.28. The fraction of sp³-hybridized carbons (Fsp3) is 0.231. The first-order valence-corrected chi connectivity index (χ1v) is 5.91. The van der Waals surface area contributed by atoms with Crippen LogP contribution >= 0.6 is 0 Å². The van der Waals surface area contributed by atoms with Gasteiger partial charge in [-0.25, -0.2) is 0 Å². The number of nitrogens with two attached hydrogens (primary N) is 1. The summed E-state index contributed by atoms with van der Waals surface area (Å²) in [6.45, 7) is 1.31. The Bertz CT molecular complexity index is 576. The third kappa shape index (κ3) is 1.73. The second-order valence-electron chi connectivity index (χ2n) is 4.42. The van der Waals surface area contributed by atoms with E-state index in [0.29, 0.717) is 24.6 Å². The van der Waals surface area contributed by atoms with E-state index in [-0.39, 0.29) is 5.91 Å². The van der Waals surface area contributed by atoms with E-state index < -0.39 is 0 Å². The lowest BCUT2D eigenvalue weighted by molar-refractivity contribution is 0.0721. The number of nitrogens with zero attached hydrogens (tertiary/aromatic N) is 2. The minimum absolute atomic E-state index is 0.0238. The topological polar surface area (TPSA) is 75.0 Å². The predicted molar refractivity (Wildman–Crippen MR) is 67.9 cm³/mol. The monoisotopic (exact) mass is 242 g/mol. The summed E-state index contributed by atoms with van der Waals surface area (Å²) < 4.78 is 0. The van der Waals surface area contributed by atoms with Crippen molar-refractivity contribution < 1.29 is 4.79 Å². The normalized spacial score (nSPS) is 14.7. The van der Waals surface area contributed by atoms with Gasteiger partial charge in [0, 0.05) is 18.7 Å². The zero-order valence-corrected chi connectivity index (χ0v) is 9.89. The first-order chi connectivity index (χ1) is 8.75. The average Bonchev–Trinajstić information content (AvgIpc) is 2.77. The molecule has 3 N–H and O–H groups in total. The third-order valence-electron chi connectivity index (χ3n) is 3.25. The predicted octanol–water partition coefficient (Wildman–Crippen LogP) is 1.19. The molecule has 0 saturated carbocycles. The number of anilines is 1. The maximum atomic E-state index is 12.2. The van der Waals surface area contributed by atoms with Gasteiger partial charge >= 0.3 is 0 Å². The van der Waals surface area contributed by atoms with E-state index >= 15 is 0 Å². The fourth-order valence-corrected chi connectivity index (χ4v) is 2.27. The van der Waals surface area contributed by atoms with Crippen LogP contribution in [0.25, 0.3) is 0 Å². The van der Waals surface area contributed by atoms with Crippen LogP contribution in [0, 0.1) is 0 Å². The van der Waals surface area contributed by atoms with Crippen molar-refractivity contribution >= 4 is 11.7 Å². The van der Waals surface area contributed by atoms with E-state index in [1.165, 1.54) is 0 Å². The van der Waals surface area contributed by atoms with E-state index in [9.17, 15) is 4.79 Å². The molecule has 0 atom stereocenters. The number of carbonyl (C=O) groups is 1. The van der Waals surface area contributed by atoms with Crippen LogP contribution in [0.1, 0.15) is 21.6 Å². The number of hydrogen-bond donors (Lipinski definition) is 2.